The molecule has 66 valence electrons. The van der Waals surface area contributed by atoms with Gasteiger partial charge in [-0.3, -0.25) is 0 Å². The Labute approximate surface area is 70.6 Å². The Morgan fingerprint density at radius 3 is 2.91 bits per heavy atom. The Balaban J connectivity index is 2.21. The smallest absolute Gasteiger partial charge is 0.00180 e. The number of rotatable bonds is 3. The van der Waals surface area contributed by atoms with E-state index in [1.165, 1.54) is 38.8 Å². The average Bonchev–Trinajstić information content (AvgIpc) is 2.07. The molecule has 0 saturated carbocycles. The van der Waals surface area contributed by atoms with Crippen LogP contribution in [0.1, 0.15) is 39.5 Å². The molecule has 0 aromatic heterocycles. The zero-order valence-electron chi connectivity index (χ0n) is 7.90. The Morgan fingerprint density at radius 1 is 1.55 bits per heavy atom. The predicted octanol–water partition coefficient (Wildman–Crippen LogP) is 2.42. The summed E-state index contributed by atoms with van der Waals surface area (Å²) in [5.41, 5.74) is 0. The average molecular weight is 155 g/mol. The lowest BCUT2D eigenvalue weighted by molar-refractivity contribution is 0.267. The molecule has 0 aromatic carbocycles. The van der Waals surface area contributed by atoms with E-state index < -0.39 is 0 Å². The maximum atomic E-state index is 3.47. The van der Waals surface area contributed by atoms with Gasteiger partial charge in [0.1, 0.15) is 0 Å². The van der Waals surface area contributed by atoms with Crippen molar-refractivity contribution in [2.75, 3.05) is 13.1 Å². The van der Waals surface area contributed by atoms with Gasteiger partial charge in [-0.05, 0) is 37.8 Å². The fourth-order valence-electron chi connectivity index (χ4n) is 2.06. The van der Waals surface area contributed by atoms with Crippen LogP contribution in [-0.2, 0) is 0 Å². The van der Waals surface area contributed by atoms with Gasteiger partial charge < -0.3 is 5.32 Å². The molecule has 1 heteroatoms. The second-order valence-electron chi connectivity index (χ2n) is 3.87. The van der Waals surface area contributed by atoms with Crippen molar-refractivity contribution >= 4 is 0 Å². The van der Waals surface area contributed by atoms with Gasteiger partial charge in [-0.1, -0.05) is 26.7 Å². The van der Waals surface area contributed by atoms with E-state index in [1.54, 1.807) is 0 Å². The van der Waals surface area contributed by atoms with Crippen molar-refractivity contribution in [2.45, 2.75) is 39.5 Å². The van der Waals surface area contributed by atoms with Crippen LogP contribution in [0, 0.1) is 11.8 Å². The summed E-state index contributed by atoms with van der Waals surface area (Å²) in [6, 6.07) is 0. The standard InChI is InChI=1S/C10H21N/c1-3-5-9(2)10-6-4-7-11-8-10/h9-11H,3-8H2,1-2H3. The van der Waals surface area contributed by atoms with Crippen molar-refractivity contribution in [3.63, 3.8) is 0 Å². The van der Waals surface area contributed by atoms with E-state index in [-0.39, 0.29) is 0 Å². The summed E-state index contributed by atoms with van der Waals surface area (Å²) < 4.78 is 0. The molecule has 1 nitrogen and oxygen atoms in total. The fourth-order valence-corrected chi connectivity index (χ4v) is 2.06. The SMILES string of the molecule is CCCC(C)C1CCCNC1. The predicted molar refractivity (Wildman–Crippen MR) is 49.7 cm³/mol. The fraction of sp³-hybridized carbons (Fsp3) is 1.00. The molecule has 11 heavy (non-hydrogen) atoms. The van der Waals surface area contributed by atoms with Gasteiger partial charge in [0.15, 0.2) is 0 Å². The first-order valence-corrected chi connectivity index (χ1v) is 5.05. The molecule has 1 N–H and O–H groups in total. The minimum atomic E-state index is 0.938. The molecule has 2 atom stereocenters. The van der Waals surface area contributed by atoms with Crippen molar-refractivity contribution in [3.05, 3.63) is 0 Å². The van der Waals surface area contributed by atoms with Gasteiger partial charge in [-0.15, -0.1) is 0 Å². The maximum Gasteiger partial charge on any atom is -0.00180 e. The van der Waals surface area contributed by atoms with E-state index in [2.05, 4.69) is 19.2 Å². The number of piperidine rings is 1. The molecule has 0 aliphatic carbocycles. The van der Waals surface area contributed by atoms with Crippen LogP contribution in [0.25, 0.3) is 0 Å². The summed E-state index contributed by atoms with van der Waals surface area (Å²) in [6.45, 7) is 7.20. The van der Waals surface area contributed by atoms with Crippen molar-refractivity contribution in [1.82, 2.24) is 5.32 Å². The number of nitrogens with one attached hydrogen (secondary N) is 1. The highest BCUT2D eigenvalue weighted by Crippen LogP contribution is 2.23. The molecule has 1 rings (SSSR count). The lowest BCUT2D eigenvalue weighted by atomic mass is 9.85. The maximum absolute atomic E-state index is 3.47. The summed E-state index contributed by atoms with van der Waals surface area (Å²) >= 11 is 0. The second kappa shape index (κ2) is 4.76. The molecule has 0 spiro atoms. The lowest BCUT2D eigenvalue weighted by Crippen LogP contribution is -2.33. The monoisotopic (exact) mass is 155 g/mol. The van der Waals surface area contributed by atoms with E-state index in [0.717, 1.165) is 11.8 Å². The van der Waals surface area contributed by atoms with Gasteiger partial charge in [0.2, 0.25) is 0 Å². The van der Waals surface area contributed by atoms with Gasteiger partial charge in [-0.2, -0.15) is 0 Å². The van der Waals surface area contributed by atoms with Crippen molar-refractivity contribution in [1.29, 1.82) is 0 Å². The summed E-state index contributed by atoms with van der Waals surface area (Å²) in [6.07, 6.45) is 5.59. The minimum Gasteiger partial charge on any atom is -0.316 e. The van der Waals surface area contributed by atoms with E-state index in [4.69, 9.17) is 0 Å². The normalized spacial score (nSPS) is 28.4. The Morgan fingerprint density at radius 2 is 2.36 bits per heavy atom. The quantitative estimate of drug-likeness (QED) is 0.660. The molecule has 1 saturated heterocycles. The molecular weight excluding hydrogens is 134 g/mol. The van der Waals surface area contributed by atoms with Gasteiger partial charge in [0, 0.05) is 0 Å². The molecule has 2 unspecified atom stereocenters. The largest absolute Gasteiger partial charge is 0.316 e. The van der Waals surface area contributed by atoms with Gasteiger partial charge in [0.25, 0.3) is 0 Å². The summed E-state index contributed by atoms with van der Waals surface area (Å²) in [4.78, 5) is 0. The topological polar surface area (TPSA) is 12.0 Å². The third kappa shape index (κ3) is 2.82. The molecule has 1 fully saturated rings. The van der Waals surface area contributed by atoms with Crippen LogP contribution in [0.2, 0.25) is 0 Å². The number of hydrogen-bond donors (Lipinski definition) is 1. The summed E-state index contributed by atoms with van der Waals surface area (Å²) in [5.74, 6) is 1.90. The summed E-state index contributed by atoms with van der Waals surface area (Å²) in [7, 11) is 0. The molecule has 1 heterocycles. The second-order valence-corrected chi connectivity index (χ2v) is 3.87. The van der Waals surface area contributed by atoms with Gasteiger partial charge in [0.05, 0.1) is 0 Å². The lowest BCUT2D eigenvalue weighted by Gasteiger charge is -2.28. The van der Waals surface area contributed by atoms with E-state index in [9.17, 15) is 0 Å². The zero-order chi connectivity index (χ0) is 8.10. The van der Waals surface area contributed by atoms with Gasteiger partial charge in [-0.25, -0.2) is 0 Å². The molecule has 1 aliphatic heterocycles. The van der Waals surface area contributed by atoms with E-state index in [1.807, 2.05) is 0 Å². The van der Waals surface area contributed by atoms with Crippen LogP contribution in [0.15, 0.2) is 0 Å². The van der Waals surface area contributed by atoms with Crippen LogP contribution in [-0.4, -0.2) is 13.1 Å². The first kappa shape index (κ1) is 9.05. The highest BCUT2D eigenvalue weighted by Gasteiger charge is 2.18. The molecule has 0 bridgehead atoms. The third-order valence-corrected chi connectivity index (χ3v) is 2.88. The minimum absolute atomic E-state index is 0.938. The Kier molecular flexibility index (Phi) is 3.92. The van der Waals surface area contributed by atoms with Crippen LogP contribution in [0.3, 0.4) is 0 Å². The molecular formula is C10H21N. The first-order valence-electron chi connectivity index (χ1n) is 5.05. The summed E-state index contributed by atoms with van der Waals surface area (Å²) in [5, 5.41) is 3.47. The van der Waals surface area contributed by atoms with Gasteiger partial charge >= 0.3 is 0 Å². The molecule has 0 aromatic rings. The van der Waals surface area contributed by atoms with E-state index in [0.29, 0.717) is 0 Å². The first-order chi connectivity index (χ1) is 5.34. The molecule has 0 amide bonds. The van der Waals surface area contributed by atoms with Crippen molar-refractivity contribution in [3.8, 4) is 0 Å². The highest BCUT2D eigenvalue weighted by molar-refractivity contribution is 4.73. The van der Waals surface area contributed by atoms with Crippen LogP contribution >= 0.6 is 0 Å². The van der Waals surface area contributed by atoms with E-state index >= 15 is 0 Å². The molecule has 0 radical (unpaired) electrons. The molecule has 1 aliphatic rings. The highest BCUT2D eigenvalue weighted by atomic mass is 14.9. The van der Waals surface area contributed by atoms with Crippen molar-refractivity contribution in [2.24, 2.45) is 11.8 Å². The number of hydrogen-bond acceptors (Lipinski definition) is 1. The van der Waals surface area contributed by atoms with Crippen molar-refractivity contribution < 1.29 is 0 Å². The van der Waals surface area contributed by atoms with Crippen LogP contribution in [0.4, 0.5) is 0 Å². The third-order valence-electron chi connectivity index (χ3n) is 2.88. The van der Waals surface area contributed by atoms with Crippen LogP contribution in [0.5, 0.6) is 0 Å². The Bertz CT molecular complexity index is 95.0. The Hall–Kier alpha value is -0.0400. The van der Waals surface area contributed by atoms with Crippen LogP contribution < -0.4 is 5.32 Å². The zero-order valence-corrected chi connectivity index (χ0v) is 7.90.